The summed E-state index contributed by atoms with van der Waals surface area (Å²) in [5.41, 5.74) is 3.52. The van der Waals surface area contributed by atoms with Gasteiger partial charge in [0.2, 0.25) is 5.78 Å². The summed E-state index contributed by atoms with van der Waals surface area (Å²) >= 11 is 2.24. The maximum Gasteiger partial charge on any atom is 0.340 e. The Labute approximate surface area is 194 Å². The lowest BCUT2D eigenvalue weighted by Gasteiger charge is -2.14. The minimum Gasteiger partial charge on any atom is -0.462 e. The second kappa shape index (κ2) is 9.31. The number of halogens is 1. The Balaban J connectivity index is 2.04. The van der Waals surface area contributed by atoms with Crippen LogP contribution >= 0.6 is 22.6 Å². The molecule has 0 amide bonds. The Morgan fingerprint density at radius 3 is 2.10 bits per heavy atom. The van der Waals surface area contributed by atoms with Crippen molar-refractivity contribution in [2.45, 2.75) is 6.92 Å². The Morgan fingerprint density at radius 2 is 1.48 bits per heavy atom. The summed E-state index contributed by atoms with van der Waals surface area (Å²) in [4.78, 5) is 26.5. The van der Waals surface area contributed by atoms with Crippen molar-refractivity contribution in [2.75, 3.05) is 6.61 Å². The van der Waals surface area contributed by atoms with Gasteiger partial charge in [-0.1, -0.05) is 60.7 Å². The molecule has 0 N–H and O–H groups in total. The van der Waals surface area contributed by atoms with Gasteiger partial charge < -0.3 is 9.30 Å². The third kappa shape index (κ3) is 4.32. The van der Waals surface area contributed by atoms with Crippen molar-refractivity contribution in [1.82, 2.24) is 4.57 Å². The number of hydrogen-bond donors (Lipinski definition) is 0. The van der Waals surface area contributed by atoms with Crippen LogP contribution in [0.1, 0.15) is 33.3 Å². The Bertz CT molecular complexity index is 1210. The summed E-state index contributed by atoms with van der Waals surface area (Å²) in [6.45, 7) is 1.98. The van der Waals surface area contributed by atoms with Gasteiger partial charge in [0.25, 0.3) is 0 Å². The van der Waals surface area contributed by atoms with Gasteiger partial charge in [0.05, 0.1) is 17.9 Å². The second-order valence-electron chi connectivity index (χ2n) is 6.89. The number of aromatic nitrogens is 1. The van der Waals surface area contributed by atoms with E-state index in [4.69, 9.17) is 4.74 Å². The number of ketones is 1. The molecular formula is C26H20INO3. The van der Waals surface area contributed by atoms with Crippen LogP contribution in [0.15, 0.2) is 91.0 Å². The largest absolute Gasteiger partial charge is 0.462 e. The fourth-order valence-corrected chi connectivity index (χ4v) is 3.86. The van der Waals surface area contributed by atoms with E-state index in [-0.39, 0.29) is 18.0 Å². The molecule has 4 nitrogen and oxygen atoms in total. The normalized spacial score (nSPS) is 10.6. The van der Waals surface area contributed by atoms with Gasteiger partial charge in [-0.25, -0.2) is 4.79 Å². The third-order valence-corrected chi connectivity index (χ3v) is 5.62. The van der Waals surface area contributed by atoms with Crippen LogP contribution in [0, 0.1) is 3.57 Å². The first-order chi connectivity index (χ1) is 15.1. The van der Waals surface area contributed by atoms with Gasteiger partial charge in [0.15, 0.2) is 0 Å². The van der Waals surface area contributed by atoms with Gasteiger partial charge in [0.1, 0.15) is 5.69 Å². The molecule has 0 saturated carbocycles. The molecule has 0 bridgehead atoms. The van der Waals surface area contributed by atoms with Crippen LogP contribution in [0.25, 0.3) is 16.9 Å². The quantitative estimate of drug-likeness (QED) is 0.174. The van der Waals surface area contributed by atoms with Gasteiger partial charge >= 0.3 is 5.97 Å². The van der Waals surface area contributed by atoms with Crippen molar-refractivity contribution in [3.8, 4) is 16.9 Å². The minimum absolute atomic E-state index is 0.229. The molecule has 0 radical (unpaired) electrons. The molecule has 154 valence electrons. The van der Waals surface area contributed by atoms with Crippen LogP contribution in [-0.2, 0) is 4.74 Å². The highest BCUT2D eigenvalue weighted by Crippen LogP contribution is 2.32. The lowest BCUT2D eigenvalue weighted by Crippen LogP contribution is -2.15. The third-order valence-electron chi connectivity index (χ3n) is 4.90. The maximum absolute atomic E-state index is 13.7. The number of benzene rings is 3. The number of nitrogens with zero attached hydrogens (tertiary/aromatic N) is 1. The molecule has 5 heteroatoms. The molecule has 0 saturated heterocycles. The first-order valence-corrected chi connectivity index (χ1v) is 11.0. The first kappa shape index (κ1) is 21.1. The topological polar surface area (TPSA) is 48.3 Å². The molecule has 0 aliphatic rings. The summed E-state index contributed by atoms with van der Waals surface area (Å²) in [7, 11) is 0. The summed E-state index contributed by atoms with van der Waals surface area (Å²) in [6.07, 6.45) is 0. The SMILES string of the molecule is CCOC(=O)c1cc(-c2ccccc2)n(-c2ccc(I)cc2)c1C(=O)c1ccccc1. The minimum atomic E-state index is -0.511. The molecule has 0 aliphatic heterocycles. The molecule has 4 rings (SSSR count). The molecule has 0 unspecified atom stereocenters. The van der Waals surface area contributed by atoms with E-state index in [1.54, 1.807) is 25.1 Å². The van der Waals surface area contributed by atoms with Gasteiger partial charge in [-0.2, -0.15) is 0 Å². The van der Waals surface area contributed by atoms with E-state index in [1.165, 1.54) is 0 Å². The van der Waals surface area contributed by atoms with E-state index in [0.29, 0.717) is 11.3 Å². The molecule has 0 aliphatic carbocycles. The molecular weight excluding hydrogens is 501 g/mol. The van der Waals surface area contributed by atoms with E-state index in [9.17, 15) is 9.59 Å². The van der Waals surface area contributed by atoms with E-state index in [2.05, 4.69) is 22.6 Å². The zero-order valence-electron chi connectivity index (χ0n) is 16.9. The van der Waals surface area contributed by atoms with Crippen molar-refractivity contribution in [3.05, 3.63) is 111 Å². The van der Waals surface area contributed by atoms with Gasteiger partial charge in [-0.05, 0) is 65.4 Å². The molecule has 1 heterocycles. The predicted octanol–water partition coefficient (Wildman–Crippen LogP) is 6.16. The molecule has 4 aromatic rings. The standard InChI is InChI=1S/C26H20INO3/c1-2-31-26(30)22-17-23(18-9-5-3-6-10-18)28(21-15-13-20(27)14-16-21)24(22)25(29)19-11-7-4-8-12-19/h3-17H,2H2,1H3. The first-order valence-electron chi connectivity index (χ1n) is 9.94. The molecule has 0 fully saturated rings. The molecule has 3 aromatic carbocycles. The van der Waals surface area contributed by atoms with Crippen molar-refractivity contribution in [2.24, 2.45) is 0 Å². The van der Waals surface area contributed by atoms with Crippen molar-refractivity contribution in [1.29, 1.82) is 0 Å². The zero-order chi connectivity index (χ0) is 21.8. The molecule has 0 spiro atoms. The summed E-state index contributed by atoms with van der Waals surface area (Å²) in [5, 5.41) is 0. The number of rotatable bonds is 6. The highest BCUT2D eigenvalue weighted by molar-refractivity contribution is 14.1. The van der Waals surface area contributed by atoms with Gasteiger partial charge in [0, 0.05) is 14.8 Å². The number of carbonyl (C=O) groups excluding carboxylic acids is 2. The van der Waals surface area contributed by atoms with Crippen molar-refractivity contribution >= 4 is 34.3 Å². The fraction of sp³-hybridized carbons (Fsp3) is 0.0769. The molecule has 0 atom stereocenters. The monoisotopic (exact) mass is 521 g/mol. The van der Waals surface area contributed by atoms with Gasteiger partial charge in [-0.3, -0.25) is 4.79 Å². The average Bonchev–Trinajstić information content (AvgIpc) is 3.21. The Hall–Kier alpha value is -3.19. The number of ether oxygens (including phenoxy) is 1. The number of carbonyl (C=O) groups is 2. The average molecular weight is 521 g/mol. The van der Waals surface area contributed by atoms with Crippen LogP contribution in [0.2, 0.25) is 0 Å². The summed E-state index contributed by atoms with van der Waals surface area (Å²) in [5.74, 6) is -0.743. The number of hydrogen-bond acceptors (Lipinski definition) is 3. The van der Waals surface area contributed by atoms with Crippen molar-refractivity contribution in [3.63, 3.8) is 0 Å². The Kier molecular flexibility index (Phi) is 6.32. The maximum atomic E-state index is 13.7. The van der Waals surface area contributed by atoms with E-state index >= 15 is 0 Å². The van der Waals surface area contributed by atoms with Crippen LogP contribution in [0.4, 0.5) is 0 Å². The second-order valence-corrected chi connectivity index (χ2v) is 8.13. The van der Waals surface area contributed by atoms with Crippen LogP contribution in [0.5, 0.6) is 0 Å². The zero-order valence-corrected chi connectivity index (χ0v) is 19.1. The smallest absolute Gasteiger partial charge is 0.340 e. The fourth-order valence-electron chi connectivity index (χ4n) is 3.50. The van der Waals surface area contributed by atoms with Crippen LogP contribution in [0.3, 0.4) is 0 Å². The predicted molar refractivity (Wildman–Crippen MR) is 130 cm³/mol. The van der Waals surface area contributed by atoms with E-state index in [1.807, 2.05) is 77.4 Å². The van der Waals surface area contributed by atoms with E-state index < -0.39 is 5.97 Å². The van der Waals surface area contributed by atoms with Crippen LogP contribution in [-0.4, -0.2) is 22.9 Å². The number of esters is 1. The Morgan fingerprint density at radius 1 is 0.871 bits per heavy atom. The molecule has 31 heavy (non-hydrogen) atoms. The molecule has 1 aromatic heterocycles. The highest BCUT2D eigenvalue weighted by Gasteiger charge is 2.28. The van der Waals surface area contributed by atoms with Crippen molar-refractivity contribution < 1.29 is 14.3 Å². The highest BCUT2D eigenvalue weighted by atomic mass is 127. The van der Waals surface area contributed by atoms with Crippen LogP contribution < -0.4 is 0 Å². The lowest BCUT2D eigenvalue weighted by molar-refractivity contribution is 0.0523. The summed E-state index contributed by atoms with van der Waals surface area (Å²) < 4.78 is 8.24. The van der Waals surface area contributed by atoms with E-state index in [0.717, 1.165) is 20.5 Å². The lowest BCUT2D eigenvalue weighted by atomic mass is 10.0. The van der Waals surface area contributed by atoms with Gasteiger partial charge in [-0.15, -0.1) is 0 Å². The summed E-state index contributed by atoms with van der Waals surface area (Å²) in [6, 6.07) is 28.3.